The van der Waals surface area contributed by atoms with Crippen molar-refractivity contribution in [3.05, 3.63) is 48.7 Å². The highest BCUT2D eigenvalue weighted by atomic mass is 32.2. The molecule has 0 saturated carbocycles. The number of aromatic nitrogens is 1. The molecule has 1 N–H and O–H groups in total. The Labute approximate surface area is 198 Å². The fraction of sp³-hybridized carbons (Fsp3) is 0.360. The Balaban J connectivity index is 1.46. The topological polar surface area (TPSA) is 72.8 Å². The lowest BCUT2D eigenvalue weighted by Gasteiger charge is -2.27. The van der Waals surface area contributed by atoms with Gasteiger partial charge in [0, 0.05) is 41.2 Å². The van der Waals surface area contributed by atoms with Gasteiger partial charge in [0.2, 0.25) is 11.8 Å². The van der Waals surface area contributed by atoms with Crippen LogP contribution in [0.5, 0.6) is 11.5 Å². The number of ether oxygens (including phenoxy) is 2. The van der Waals surface area contributed by atoms with E-state index in [4.69, 9.17) is 9.47 Å². The number of rotatable bonds is 8. The number of carbonyl (C=O) groups is 2. The maximum atomic E-state index is 12.8. The smallest absolute Gasteiger partial charge is 0.242 e. The molecule has 0 atom stereocenters. The third-order valence-corrected chi connectivity index (χ3v) is 6.85. The van der Waals surface area contributed by atoms with E-state index >= 15 is 0 Å². The van der Waals surface area contributed by atoms with Crippen molar-refractivity contribution < 1.29 is 19.1 Å². The highest BCUT2D eigenvalue weighted by molar-refractivity contribution is 8.00. The van der Waals surface area contributed by atoms with E-state index in [-0.39, 0.29) is 17.6 Å². The van der Waals surface area contributed by atoms with Crippen molar-refractivity contribution in [2.75, 3.05) is 38.4 Å². The fourth-order valence-corrected chi connectivity index (χ4v) is 4.98. The third kappa shape index (κ3) is 5.45. The number of hydrogen-bond acceptors (Lipinski definition) is 5. The molecule has 1 aliphatic heterocycles. The summed E-state index contributed by atoms with van der Waals surface area (Å²) < 4.78 is 12.6. The zero-order chi connectivity index (χ0) is 23.2. The van der Waals surface area contributed by atoms with Gasteiger partial charge in [-0.3, -0.25) is 9.59 Å². The number of methoxy groups -OCH3 is 2. The number of nitrogens with zero attached hydrogens (tertiary/aromatic N) is 2. The summed E-state index contributed by atoms with van der Waals surface area (Å²) in [6.07, 6.45) is 5.33. The summed E-state index contributed by atoms with van der Waals surface area (Å²) in [5, 5.41) is 3.95. The first-order chi connectivity index (χ1) is 16.1. The van der Waals surface area contributed by atoms with Crippen molar-refractivity contribution in [3.8, 4) is 11.5 Å². The highest BCUT2D eigenvalue weighted by Gasteiger charge is 2.19. The van der Waals surface area contributed by atoms with Gasteiger partial charge in [0.1, 0.15) is 18.0 Å². The van der Waals surface area contributed by atoms with Crippen molar-refractivity contribution in [2.45, 2.75) is 30.7 Å². The van der Waals surface area contributed by atoms with E-state index in [2.05, 4.69) is 5.32 Å². The summed E-state index contributed by atoms with van der Waals surface area (Å²) in [4.78, 5) is 28.4. The van der Waals surface area contributed by atoms with Crippen LogP contribution in [0.2, 0.25) is 0 Å². The molecule has 1 saturated heterocycles. The SMILES string of the molecule is COc1ccc(OC)c(NC(=O)CSc2cn(CC(=O)N3CCCCC3)c3ccccc23)c1. The molecule has 1 aromatic heterocycles. The van der Waals surface area contributed by atoms with Crippen LogP contribution < -0.4 is 14.8 Å². The lowest BCUT2D eigenvalue weighted by atomic mass is 10.1. The number of nitrogens with one attached hydrogen (secondary N) is 1. The third-order valence-electron chi connectivity index (χ3n) is 5.81. The van der Waals surface area contributed by atoms with E-state index in [1.165, 1.54) is 18.2 Å². The predicted molar refractivity (Wildman–Crippen MR) is 131 cm³/mol. The molecule has 3 aromatic rings. The number of amides is 2. The van der Waals surface area contributed by atoms with Crippen LogP contribution in [0.3, 0.4) is 0 Å². The van der Waals surface area contributed by atoms with E-state index in [1.807, 2.05) is 39.9 Å². The molecule has 0 aliphatic carbocycles. The van der Waals surface area contributed by atoms with Gasteiger partial charge in [0.25, 0.3) is 0 Å². The van der Waals surface area contributed by atoms with Crippen molar-refractivity contribution in [1.82, 2.24) is 9.47 Å². The first-order valence-electron chi connectivity index (χ1n) is 11.1. The Bertz CT molecular complexity index is 1140. The van der Waals surface area contributed by atoms with Crippen molar-refractivity contribution in [3.63, 3.8) is 0 Å². The zero-order valence-electron chi connectivity index (χ0n) is 19.0. The molecule has 2 heterocycles. The van der Waals surface area contributed by atoms with Gasteiger partial charge in [0.15, 0.2) is 0 Å². The number of piperidine rings is 1. The number of carbonyl (C=O) groups excluding carboxylic acids is 2. The number of fused-ring (bicyclic) bond motifs is 1. The van der Waals surface area contributed by atoms with E-state index in [0.29, 0.717) is 23.7 Å². The second-order valence-corrected chi connectivity index (χ2v) is 9.00. The maximum absolute atomic E-state index is 12.8. The molecular formula is C25H29N3O4S. The number of anilines is 1. The summed E-state index contributed by atoms with van der Waals surface area (Å²) in [7, 11) is 3.14. The predicted octanol–water partition coefficient (Wildman–Crippen LogP) is 4.40. The molecule has 0 bridgehead atoms. The lowest BCUT2D eigenvalue weighted by molar-refractivity contribution is -0.132. The van der Waals surface area contributed by atoms with E-state index < -0.39 is 0 Å². The van der Waals surface area contributed by atoms with Crippen molar-refractivity contribution in [1.29, 1.82) is 0 Å². The van der Waals surface area contributed by atoms with Crippen LogP contribution in [0.1, 0.15) is 19.3 Å². The average molecular weight is 468 g/mol. The quantitative estimate of drug-likeness (QED) is 0.497. The molecule has 2 amide bonds. The van der Waals surface area contributed by atoms with E-state index in [1.54, 1.807) is 32.4 Å². The summed E-state index contributed by atoms with van der Waals surface area (Å²) in [6.45, 7) is 2.00. The minimum atomic E-state index is -0.146. The molecule has 0 unspecified atom stereocenters. The molecule has 0 radical (unpaired) electrons. The van der Waals surface area contributed by atoms with Gasteiger partial charge in [0.05, 0.1) is 25.7 Å². The van der Waals surface area contributed by atoms with Gasteiger partial charge < -0.3 is 24.3 Å². The number of thioether (sulfide) groups is 1. The Morgan fingerprint density at radius 2 is 1.82 bits per heavy atom. The summed E-state index contributed by atoms with van der Waals surface area (Å²) in [5.41, 5.74) is 1.57. The first-order valence-corrected chi connectivity index (χ1v) is 12.1. The fourth-order valence-electron chi connectivity index (χ4n) is 4.09. The molecule has 2 aromatic carbocycles. The summed E-state index contributed by atoms with van der Waals surface area (Å²) in [6, 6.07) is 13.3. The molecule has 4 rings (SSSR count). The average Bonchev–Trinajstić information content (AvgIpc) is 3.20. The summed E-state index contributed by atoms with van der Waals surface area (Å²) >= 11 is 1.45. The Hall–Kier alpha value is -3.13. The van der Waals surface area contributed by atoms with Gasteiger partial charge in [-0.1, -0.05) is 18.2 Å². The standard InChI is InChI=1S/C25H29N3O4S/c1-31-18-10-11-22(32-2)20(14-18)26-24(29)17-33-23-15-28(21-9-5-4-8-19(21)23)16-25(30)27-12-6-3-7-13-27/h4-5,8-11,14-15H,3,6-7,12-13,16-17H2,1-2H3,(H,26,29). The maximum Gasteiger partial charge on any atom is 0.242 e. The van der Waals surface area contributed by atoms with E-state index in [0.717, 1.165) is 41.7 Å². The highest BCUT2D eigenvalue weighted by Crippen LogP contribution is 2.32. The number of hydrogen-bond donors (Lipinski definition) is 1. The normalized spacial score (nSPS) is 13.7. The molecule has 1 fully saturated rings. The zero-order valence-corrected chi connectivity index (χ0v) is 19.8. The molecule has 7 nitrogen and oxygen atoms in total. The number of para-hydroxylation sites is 1. The Morgan fingerprint density at radius 3 is 2.58 bits per heavy atom. The molecule has 174 valence electrons. The van der Waals surface area contributed by atoms with Gasteiger partial charge in [-0.25, -0.2) is 0 Å². The Morgan fingerprint density at radius 1 is 1.03 bits per heavy atom. The van der Waals surface area contributed by atoms with Gasteiger partial charge in [-0.05, 0) is 37.5 Å². The molecular weight excluding hydrogens is 438 g/mol. The second kappa shape index (κ2) is 10.7. The minimum Gasteiger partial charge on any atom is -0.497 e. The molecule has 8 heteroatoms. The van der Waals surface area contributed by atoms with Crippen LogP contribution in [0.25, 0.3) is 10.9 Å². The minimum absolute atomic E-state index is 0.146. The Kier molecular flexibility index (Phi) is 7.44. The molecule has 0 spiro atoms. The van der Waals surface area contributed by atoms with Gasteiger partial charge in [-0.2, -0.15) is 0 Å². The summed E-state index contributed by atoms with van der Waals surface area (Å²) in [5.74, 6) is 1.44. The van der Waals surface area contributed by atoms with Crippen LogP contribution in [-0.2, 0) is 16.1 Å². The van der Waals surface area contributed by atoms with Crippen LogP contribution in [0.4, 0.5) is 5.69 Å². The van der Waals surface area contributed by atoms with Gasteiger partial charge >= 0.3 is 0 Å². The van der Waals surface area contributed by atoms with Crippen molar-refractivity contribution >= 4 is 40.2 Å². The number of benzene rings is 2. The van der Waals surface area contributed by atoms with Gasteiger partial charge in [-0.15, -0.1) is 11.8 Å². The number of likely N-dealkylation sites (tertiary alicyclic amines) is 1. The monoisotopic (exact) mass is 467 g/mol. The first kappa shape index (κ1) is 23.0. The van der Waals surface area contributed by atoms with Crippen LogP contribution >= 0.6 is 11.8 Å². The van der Waals surface area contributed by atoms with Crippen molar-refractivity contribution in [2.24, 2.45) is 0 Å². The largest absolute Gasteiger partial charge is 0.497 e. The molecule has 33 heavy (non-hydrogen) atoms. The van der Waals surface area contributed by atoms with Crippen LogP contribution in [0.15, 0.2) is 53.6 Å². The van der Waals surface area contributed by atoms with E-state index in [9.17, 15) is 9.59 Å². The van der Waals surface area contributed by atoms with Crippen LogP contribution in [0, 0.1) is 0 Å². The van der Waals surface area contributed by atoms with Crippen LogP contribution in [-0.4, -0.2) is 54.3 Å². The second-order valence-electron chi connectivity index (χ2n) is 7.98. The molecule has 1 aliphatic rings. The lowest BCUT2D eigenvalue weighted by Crippen LogP contribution is -2.37.